The van der Waals surface area contributed by atoms with Crippen molar-refractivity contribution in [1.82, 2.24) is 9.97 Å². The summed E-state index contributed by atoms with van der Waals surface area (Å²) in [5.41, 5.74) is 12.3. The second-order valence-corrected chi connectivity index (χ2v) is 3.74. The number of aliphatic imine (C=N–C) groups is 1. The van der Waals surface area contributed by atoms with Crippen molar-refractivity contribution in [2.75, 3.05) is 23.3 Å². The average molecular weight is 220 g/mol. The van der Waals surface area contributed by atoms with Gasteiger partial charge in [0.1, 0.15) is 11.6 Å². The van der Waals surface area contributed by atoms with E-state index in [1.165, 1.54) is 0 Å². The number of nitrogen functional groups attached to an aromatic ring is 2. The van der Waals surface area contributed by atoms with Crippen LogP contribution in [0.1, 0.15) is 18.9 Å². The van der Waals surface area contributed by atoms with E-state index in [1.54, 1.807) is 0 Å². The van der Waals surface area contributed by atoms with Crippen molar-refractivity contribution in [3.05, 3.63) is 5.56 Å². The van der Waals surface area contributed by atoms with Crippen LogP contribution >= 0.6 is 0 Å². The number of anilines is 3. The molecule has 0 radical (unpaired) electrons. The minimum absolute atomic E-state index is 0.201. The van der Waals surface area contributed by atoms with Crippen molar-refractivity contribution in [2.45, 2.75) is 25.8 Å². The molecule has 86 valence electrons. The summed E-state index contributed by atoms with van der Waals surface area (Å²) in [6, 6.07) is 0.221. The van der Waals surface area contributed by atoms with Crippen LogP contribution in [0.4, 0.5) is 17.6 Å². The molecule has 6 nitrogen and oxygen atoms in total. The zero-order valence-corrected chi connectivity index (χ0v) is 9.27. The lowest BCUT2D eigenvalue weighted by atomic mass is 10.2. The summed E-state index contributed by atoms with van der Waals surface area (Å²) in [5.74, 6) is 1.38. The first-order valence-corrected chi connectivity index (χ1v) is 5.39. The van der Waals surface area contributed by atoms with Gasteiger partial charge in [0.05, 0.1) is 6.04 Å². The lowest BCUT2D eigenvalue weighted by molar-refractivity contribution is 0.857. The quantitative estimate of drug-likeness (QED) is 0.686. The molecule has 0 bridgehead atoms. The van der Waals surface area contributed by atoms with E-state index in [2.05, 4.69) is 20.3 Å². The Balaban J connectivity index is 2.27. The van der Waals surface area contributed by atoms with Gasteiger partial charge in [-0.2, -0.15) is 9.97 Å². The third-order valence-electron chi connectivity index (χ3n) is 2.59. The van der Waals surface area contributed by atoms with E-state index in [4.69, 9.17) is 11.5 Å². The van der Waals surface area contributed by atoms with Crippen LogP contribution in [0, 0.1) is 0 Å². The zero-order valence-electron chi connectivity index (χ0n) is 9.27. The van der Waals surface area contributed by atoms with E-state index >= 15 is 0 Å². The molecule has 16 heavy (non-hydrogen) atoms. The van der Waals surface area contributed by atoms with Gasteiger partial charge in [-0.3, -0.25) is 4.99 Å². The molecule has 6 heteroatoms. The van der Waals surface area contributed by atoms with Crippen LogP contribution in [0.5, 0.6) is 0 Å². The average Bonchev–Trinajstić information content (AvgIpc) is 2.70. The Kier molecular flexibility index (Phi) is 2.89. The van der Waals surface area contributed by atoms with Crippen molar-refractivity contribution in [2.24, 2.45) is 4.99 Å². The van der Waals surface area contributed by atoms with Crippen LogP contribution < -0.4 is 16.8 Å². The van der Waals surface area contributed by atoms with Gasteiger partial charge < -0.3 is 16.8 Å². The van der Waals surface area contributed by atoms with Gasteiger partial charge in [-0.05, 0) is 12.8 Å². The van der Waals surface area contributed by atoms with Crippen LogP contribution in [-0.2, 0) is 6.42 Å². The van der Waals surface area contributed by atoms with Crippen molar-refractivity contribution < 1.29 is 0 Å². The van der Waals surface area contributed by atoms with Gasteiger partial charge in [0.2, 0.25) is 5.95 Å². The first kappa shape index (κ1) is 10.7. The molecule has 2 rings (SSSR count). The fourth-order valence-electron chi connectivity index (χ4n) is 1.76. The van der Waals surface area contributed by atoms with Gasteiger partial charge >= 0.3 is 0 Å². The summed E-state index contributed by atoms with van der Waals surface area (Å²) in [6.07, 6.45) is 3.65. The van der Waals surface area contributed by atoms with Crippen molar-refractivity contribution in [3.63, 3.8) is 0 Å². The van der Waals surface area contributed by atoms with Crippen LogP contribution in [0.25, 0.3) is 0 Å². The molecule has 0 aliphatic carbocycles. The van der Waals surface area contributed by atoms with E-state index < -0.39 is 0 Å². The van der Waals surface area contributed by atoms with E-state index in [0.717, 1.165) is 30.8 Å². The highest BCUT2D eigenvalue weighted by Gasteiger charge is 2.15. The molecule has 0 saturated carbocycles. The number of aromatic nitrogens is 2. The Morgan fingerprint density at radius 1 is 1.44 bits per heavy atom. The summed E-state index contributed by atoms with van der Waals surface area (Å²) in [6.45, 7) is 2.87. The van der Waals surface area contributed by atoms with Crippen molar-refractivity contribution in [3.8, 4) is 0 Å². The molecule has 0 fully saturated rings. The molecule has 1 atom stereocenters. The Bertz CT molecular complexity index is 414. The Hall–Kier alpha value is -1.85. The summed E-state index contributed by atoms with van der Waals surface area (Å²) in [5, 5.41) is 3.28. The largest absolute Gasteiger partial charge is 0.383 e. The fourth-order valence-corrected chi connectivity index (χ4v) is 1.76. The minimum Gasteiger partial charge on any atom is -0.383 e. The summed E-state index contributed by atoms with van der Waals surface area (Å²) in [4.78, 5) is 12.3. The van der Waals surface area contributed by atoms with E-state index in [9.17, 15) is 0 Å². The highest BCUT2D eigenvalue weighted by atomic mass is 15.1. The van der Waals surface area contributed by atoms with Gasteiger partial charge in [0.15, 0.2) is 0 Å². The van der Waals surface area contributed by atoms with Crippen molar-refractivity contribution in [1.29, 1.82) is 0 Å². The number of rotatable bonds is 3. The molecular formula is C10H16N6. The van der Waals surface area contributed by atoms with Gasteiger partial charge in [-0.25, -0.2) is 0 Å². The number of hydrogen-bond acceptors (Lipinski definition) is 6. The Morgan fingerprint density at radius 3 is 2.88 bits per heavy atom. The maximum Gasteiger partial charge on any atom is 0.223 e. The SMILES string of the molecule is CCc1c(N)nc(N)nc1NC1C=NCC1. The Morgan fingerprint density at radius 2 is 2.25 bits per heavy atom. The predicted octanol–water partition coefficient (Wildman–Crippen LogP) is 0.458. The molecule has 1 aliphatic heterocycles. The summed E-state index contributed by atoms with van der Waals surface area (Å²) >= 11 is 0. The second kappa shape index (κ2) is 4.34. The molecule has 0 saturated heterocycles. The molecular weight excluding hydrogens is 204 g/mol. The fraction of sp³-hybridized carbons (Fsp3) is 0.500. The minimum atomic E-state index is 0.201. The lowest BCUT2D eigenvalue weighted by Gasteiger charge is -2.15. The highest BCUT2D eigenvalue weighted by Crippen LogP contribution is 2.21. The first-order valence-electron chi connectivity index (χ1n) is 5.39. The Labute approximate surface area is 94.2 Å². The topological polar surface area (TPSA) is 102 Å². The van der Waals surface area contributed by atoms with E-state index in [-0.39, 0.29) is 12.0 Å². The molecule has 1 aromatic rings. The second-order valence-electron chi connectivity index (χ2n) is 3.74. The van der Waals surface area contributed by atoms with Crippen LogP contribution in [0.3, 0.4) is 0 Å². The van der Waals surface area contributed by atoms with Crippen LogP contribution in [-0.4, -0.2) is 28.8 Å². The summed E-state index contributed by atoms with van der Waals surface area (Å²) in [7, 11) is 0. The van der Waals surface area contributed by atoms with Crippen molar-refractivity contribution >= 4 is 23.8 Å². The van der Waals surface area contributed by atoms with E-state index in [1.807, 2.05) is 13.1 Å². The third-order valence-corrected chi connectivity index (χ3v) is 2.59. The number of nitrogens with two attached hydrogens (primary N) is 2. The normalized spacial score (nSPS) is 18.9. The smallest absolute Gasteiger partial charge is 0.223 e. The standard InChI is InChI=1S/C10H16N6/c1-2-7-8(11)15-10(12)16-9(7)14-6-3-4-13-5-6/h5-6H,2-4H2,1H3,(H5,11,12,14,15,16). The molecule has 1 aromatic heterocycles. The highest BCUT2D eigenvalue weighted by molar-refractivity contribution is 5.72. The monoisotopic (exact) mass is 220 g/mol. The third kappa shape index (κ3) is 2.05. The predicted molar refractivity (Wildman–Crippen MR) is 65.6 cm³/mol. The molecule has 0 aromatic carbocycles. The molecule has 1 unspecified atom stereocenters. The van der Waals surface area contributed by atoms with E-state index in [0.29, 0.717) is 5.82 Å². The maximum atomic E-state index is 5.80. The maximum absolute atomic E-state index is 5.80. The number of nitrogens with one attached hydrogen (secondary N) is 1. The number of nitrogens with zero attached hydrogens (tertiary/aromatic N) is 3. The summed E-state index contributed by atoms with van der Waals surface area (Å²) < 4.78 is 0. The van der Waals surface area contributed by atoms with Gasteiger partial charge in [0, 0.05) is 18.3 Å². The van der Waals surface area contributed by atoms with Gasteiger partial charge in [0.25, 0.3) is 0 Å². The molecule has 1 aliphatic rings. The van der Waals surface area contributed by atoms with Gasteiger partial charge in [-0.1, -0.05) is 6.92 Å². The van der Waals surface area contributed by atoms with Gasteiger partial charge in [-0.15, -0.1) is 0 Å². The lowest BCUT2D eigenvalue weighted by Crippen LogP contribution is -2.21. The molecule has 0 amide bonds. The molecule has 0 spiro atoms. The molecule has 2 heterocycles. The first-order chi connectivity index (χ1) is 7.70. The van der Waals surface area contributed by atoms with Crippen LogP contribution in [0.15, 0.2) is 4.99 Å². The zero-order chi connectivity index (χ0) is 11.5. The number of hydrogen-bond donors (Lipinski definition) is 3. The molecule has 5 N–H and O–H groups in total. The van der Waals surface area contributed by atoms with Crippen LogP contribution in [0.2, 0.25) is 0 Å².